The molecule has 4 aliphatic carbocycles. The van der Waals surface area contributed by atoms with Crippen molar-refractivity contribution < 1.29 is 9.53 Å². The van der Waals surface area contributed by atoms with Crippen molar-refractivity contribution in [3.63, 3.8) is 0 Å². The van der Waals surface area contributed by atoms with E-state index in [0.29, 0.717) is 11.8 Å². The number of rotatable bonds is 0. The van der Waals surface area contributed by atoms with Crippen LogP contribution in [0.2, 0.25) is 0 Å². The van der Waals surface area contributed by atoms with E-state index in [0.717, 1.165) is 22.3 Å². The topological polar surface area (TPSA) is 26.3 Å². The molecule has 4 fully saturated rings. The minimum atomic E-state index is -0.237. The van der Waals surface area contributed by atoms with Crippen LogP contribution in [-0.2, 0) is 4.74 Å². The fourth-order valence-corrected chi connectivity index (χ4v) is 6.88. The molecule has 3 heteroatoms. The van der Waals surface area contributed by atoms with Gasteiger partial charge in [-0.05, 0) is 56.1 Å². The van der Waals surface area contributed by atoms with Crippen LogP contribution < -0.4 is 0 Å². The molecule has 1 aromatic rings. The lowest BCUT2D eigenvalue weighted by atomic mass is 9.54. The molecule has 0 unspecified atom stereocenters. The molecule has 2 nitrogen and oxygen atoms in total. The maximum atomic E-state index is 12.4. The van der Waals surface area contributed by atoms with Crippen molar-refractivity contribution in [1.29, 1.82) is 0 Å². The minimum Gasteiger partial charge on any atom is -0.443 e. The molecule has 0 atom stereocenters. The average molecular weight is 286 g/mol. The smallest absolute Gasteiger partial charge is 0.340 e. The lowest BCUT2D eigenvalue weighted by Gasteiger charge is -2.60. The Labute approximate surface area is 123 Å². The second kappa shape index (κ2) is 3.82. The third-order valence-corrected chi connectivity index (χ3v) is 7.55. The summed E-state index contributed by atoms with van der Waals surface area (Å²) in [5.74, 6) is 2.88. The largest absolute Gasteiger partial charge is 0.443 e. The van der Waals surface area contributed by atoms with Gasteiger partial charge in [-0.3, -0.25) is 0 Å². The molecule has 104 valence electrons. The molecule has 1 aromatic carbocycles. The van der Waals surface area contributed by atoms with E-state index >= 15 is 0 Å². The van der Waals surface area contributed by atoms with E-state index in [1.165, 1.54) is 32.1 Å². The van der Waals surface area contributed by atoms with E-state index < -0.39 is 0 Å². The maximum absolute atomic E-state index is 12.4. The van der Waals surface area contributed by atoms with Gasteiger partial charge >= 0.3 is 5.97 Å². The van der Waals surface area contributed by atoms with Crippen LogP contribution in [0.1, 0.15) is 42.5 Å². The summed E-state index contributed by atoms with van der Waals surface area (Å²) in [4.78, 5) is 13.3. The number of hydrogen-bond donors (Lipinski definition) is 0. The van der Waals surface area contributed by atoms with Crippen LogP contribution in [0.5, 0.6) is 0 Å². The van der Waals surface area contributed by atoms with Crippen LogP contribution in [-0.4, -0.2) is 10.9 Å². The molecule has 0 amide bonds. The van der Waals surface area contributed by atoms with Gasteiger partial charge in [0.1, 0.15) is 0 Å². The van der Waals surface area contributed by atoms with Crippen molar-refractivity contribution in [2.45, 2.75) is 41.9 Å². The monoisotopic (exact) mass is 286 g/mol. The number of ether oxygens (including phenoxy) is 1. The molecule has 0 aromatic heterocycles. The zero-order chi connectivity index (χ0) is 13.3. The van der Waals surface area contributed by atoms with Crippen LogP contribution in [0.25, 0.3) is 0 Å². The number of fused-ring (bicyclic) bond motifs is 1. The summed E-state index contributed by atoms with van der Waals surface area (Å²) in [6.07, 6.45) is 6.52. The van der Waals surface area contributed by atoms with Gasteiger partial charge in [-0.15, -0.1) is 0 Å². The summed E-state index contributed by atoms with van der Waals surface area (Å²) >= 11 is 1.86. The molecular formula is C17H18O2S. The Kier molecular flexibility index (Phi) is 2.23. The second-order valence-electron chi connectivity index (χ2n) is 7.01. The van der Waals surface area contributed by atoms with Gasteiger partial charge in [-0.1, -0.05) is 23.9 Å². The predicted octanol–water partition coefficient (Wildman–Crippen LogP) is 4.10. The van der Waals surface area contributed by atoms with Gasteiger partial charge in [0, 0.05) is 16.7 Å². The molecule has 6 rings (SSSR count). The number of thioether (sulfide) groups is 1. The van der Waals surface area contributed by atoms with Crippen molar-refractivity contribution in [2.24, 2.45) is 23.7 Å². The van der Waals surface area contributed by atoms with Crippen LogP contribution >= 0.6 is 11.8 Å². The number of carbonyl (C=O) groups excluding carboxylic acids is 1. The average Bonchev–Trinajstić information content (AvgIpc) is 2.44. The Hall–Kier alpha value is -0.960. The zero-order valence-corrected chi connectivity index (χ0v) is 12.2. The van der Waals surface area contributed by atoms with Crippen LogP contribution in [0, 0.1) is 23.7 Å². The number of hydrogen-bond acceptors (Lipinski definition) is 3. The van der Waals surface area contributed by atoms with Crippen molar-refractivity contribution in [3.8, 4) is 0 Å². The Morgan fingerprint density at radius 3 is 2.35 bits per heavy atom. The Morgan fingerprint density at radius 2 is 1.65 bits per heavy atom. The summed E-state index contributed by atoms with van der Waals surface area (Å²) in [5.41, 5.74) is 0.761. The molecular weight excluding hydrogens is 268 g/mol. The van der Waals surface area contributed by atoms with Crippen molar-refractivity contribution in [2.75, 3.05) is 0 Å². The van der Waals surface area contributed by atoms with Crippen LogP contribution in [0.15, 0.2) is 29.2 Å². The summed E-state index contributed by atoms with van der Waals surface area (Å²) in [7, 11) is 0. The van der Waals surface area contributed by atoms with E-state index in [1.807, 2.05) is 30.0 Å². The van der Waals surface area contributed by atoms with Gasteiger partial charge in [0.25, 0.3) is 0 Å². The Balaban J connectivity index is 1.60. The SMILES string of the molecule is O=C1OC2(Sc3ccccc31)C1CC3CC(C1)CC2C3. The third-order valence-electron chi connectivity index (χ3n) is 5.90. The van der Waals surface area contributed by atoms with Gasteiger partial charge in [0.2, 0.25) is 0 Å². The summed E-state index contributed by atoms with van der Waals surface area (Å²) < 4.78 is 6.10. The van der Waals surface area contributed by atoms with Crippen molar-refractivity contribution in [3.05, 3.63) is 29.8 Å². The van der Waals surface area contributed by atoms with Gasteiger partial charge in [0.05, 0.1) is 5.56 Å². The van der Waals surface area contributed by atoms with Crippen LogP contribution in [0.4, 0.5) is 0 Å². The van der Waals surface area contributed by atoms with E-state index in [1.54, 1.807) is 0 Å². The first-order valence-corrected chi connectivity index (χ1v) is 8.57. The molecule has 4 bridgehead atoms. The second-order valence-corrected chi connectivity index (χ2v) is 8.30. The zero-order valence-electron chi connectivity index (χ0n) is 11.4. The molecule has 0 N–H and O–H groups in total. The van der Waals surface area contributed by atoms with Gasteiger partial charge in [-0.2, -0.15) is 0 Å². The van der Waals surface area contributed by atoms with E-state index in [2.05, 4.69) is 6.07 Å². The van der Waals surface area contributed by atoms with Crippen molar-refractivity contribution >= 4 is 17.7 Å². The fraction of sp³-hybridized carbons (Fsp3) is 0.588. The van der Waals surface area contributed by atoms with Crippen LogP contribution in [0.3, 0.4) is 0 Å². The molecule has 4 saturated carbocycles. The summed E-state index contributed by atoms with van der Waals surface area (Å²) in [5, 5.41) is 0. The van der Waals surface area contributed by atoms with Gasteiger partial charge in [0.15, 0.2) is 4.93 Å². The highest BCUT2D eigenvalue weighted by Crippen LogP contribution is 2.65. The molecule has 20 heavy (non-hydrogen) atoms. The molecule has 0 saturated heterocycles. The normalized spacial score (nSPS) is 44.5. The first kappa shape index (κ1) is 11.7. The highest BCUT2D eigenvalue weighted by molar-refractivity contribution is 8.00. The standard InChI is InChI=1S/C17H18O2S/c18-16-14-3-1-2-4-15(14)20-17(19-16)12-6-10-5-11(8-12)9-13(17)7-10/h1-4,10-13H,5-9H2. The minimum absolute atomic E-state index is 0.0909. The van der Waals surface area contributed by atoms with Crippen molar-refractivity contribution in [1.82, 2.24) is 0 Å². The van der Waals surface area contributed by atoms with E-state index in [4.69, 9.17) is 4.74 Å². The van der Waals surface area contributed by atoms with E-state index in [-0.39, 0.29) is 10.9 Å². The highest BCUT2D eigenvalue weighted by atomic mass is 32.2. The highest BCUT2D eigenvalue weighted by Gasteiger charge is 2.61. The number of carbonyl (C=O) groups is 1. The fourth-order valence-electron chi connectivity index (χ4n) is 5.29. The molecule has 1 aliphatic heterocycles. The first-order chi connectivity index (χ1) is 9.74. The van der Waals surface area contributed by atoms with E-state index in [9.17, 15) is 4.79 Å². The Morgan fingerprint density at radius 1 is 1.00 bits per heavy atom. The maximum Gasteiger partial charge on any atom is 0.340 e. The lowest BCUT2D eigenvalue weighted by Crippen LogP contribution is -2.58. The Bertz CT molecular complexity index is 566. The van der Waals surface area contributed by atoms with Gasteiger partial charge < -0.3 is 4.74 Å². The van der Waals surface area contributed by atoms with Gasteiger partial charge in [-0.25, -0.2) is 4.79 Å². The number of benzene rings is 1. The first-order valence-electron chi connectivity index (χ1n) is 7.76. The lowest BCUT2D eigenvalue weighted by molar-refractivity contribution is -0.124. The molecule has 1 heterocycles. The molecule has 1 spiro atoms. The number of esters is 1. The molecule has 0 radical (unpaired) electrons. The third kappa shape index (κ3) is 1.40. The summed E-state index contributed by atoms with van der Waals surface area (Å²) in [6.45, 7) is 0. The summed E-state index contributed by atoms with van der Waals surface area (Å²) in [6, 6.07) is 7.95. The predicted molar refractivity (Wildman–Crippen MR) is 77.5 cm³/mol. The quantitative estimate of drug-likeness (QED) is 0.672. The molecule has 5 aliphatic rings.